The van der Waals surface area contributed by atoms with Gasteiger partial charge < -0.3 is 123 Å². The molecule has 1 aliphatic carbocycles. The second kappa shape index (κ2) is 26.8. The second-order valence-corrected chi connectivity index (χ2v) is 23.3. The zero-order valence-corrected chi connectivity index (χ0v) is 49.2. The van der Waals surface area contributed by atoms with Crippen LogP contribution in [0.2, 0.25) is 0 Å². The maximum Gasteiger partial charge on any atom is 0.310 e. The molecule has 29 heteroatoms. The Balaban J connectivity index is 0.756. The number of phenolic OH excluding ortho intramolecular Hbond substituents is 5. The van der Waals surface area contributed by atoms with E-state index in [1.54, 1.807) is 0 Å². The first-order valence-electron chi connectivity index (χ1n) is 29.6. The fourth-order valence-corrected chi connectivity index (χ4v) is 12.2. The minimum absolute atomic E-state index is 0.0432. The Morgan fingerprint density at radius 3 is 1.11 bits per heavy atom. The molecule has 0 bridgehead atoms. The average Bonchev–Trinajstić information content (AvgIpc) is 0.724. The number of hydrogen-bond acceptors (Lipinski definition) is 29. The van der Waals surface area contributed by atoms with Gasteiger partial charge in [0.2, 0.25) is 18.9 Å². The van der Waals surface area contributed by atoms with E-state index in [9.17, 15) is 95.8 Å². The molecule has 15 N–H and O–H groups in total. The summed E-state index contributed by atoms with van der Waals surface area (Å²) >= 11 is 0. The number of aliphatic hydroxyl groups is 10. The lowest BCUT2D eigenvalue weighted by atomic mass is 9.52. The Morgan fingerprint density at radius 1 is 0.389 bits per heavy atom. The van der Waals surface area contributed by atoms with Crippen molar-refractivity contribution in [2.24, 2.45) is 11.8 Å². The molecule has 3 saturated heterocycles. The highest BCUT2D eigenvalue weighted by molar-refractivity contribution is 5.89. The Kier molecular flexibility index (Phi) is 18.5. The molecular weight excluding hydrogens is 1260 g/mol. The topological polar surface area (TPSA) is 472 Å². The van der Waals surface area contributed by atoms with Crippen LogP contribution in [0.4, 0.5) is 0 Å². The van der Waals surface area contributed by atoms with Crippen molar-refractivity contribution in [3.8, 4) is 68.6 Å². The largest absolute Gasteiger partial charge is 0.508 e. The molecule has 0 unspecified atom stereocenters. The van der Waals surface area contributed by atoms with Crippen LogP contribution in [-0.4, -0.2) is 200 Å². The maximum atomic E-state index is 14.7. The predicted molar refractivity (Wildman–Crippen MR) is 320 cm³/mol. The number of aliphatic hydroxyl groups excluding tert-OH is 10. The van der Waals surface area contributed by atoms with E-state index in [1.165, 1.54) is 103 Å². The van der Waals surface area contributed by atoms with Crippen LogP contribution in [0.1, 0.15) is 23.0 Å². The Morgan fingerprint density at radius 2 is 0.726 bits per heavy atom. The number of esters is 2. The molecule has 19 atom stereocenters. The van der Waals surface area contributed by atoms with Crippen molar-refractivity contribution in [1.29, 1.82) is 0 Å². The van der Waals surface area contributed by atoms with E-state index in [0.717, 1.165) is 30.3 Å². The molecule has 1 saturated carbocycles. The normalized spacial score (nSPS) is 29.9. The number of ether oxygens (including phenoxy) is 8. The van der Waals surface area contributed by atoms with E-state index in [-0.39, 0.29) is 73.5 Å². The van der Waals surface area contributed by atoms with Gasteiger partial charge in [-0.2, -0.15) is 0 Å². The molecule has 4 aliphatic rings. The summed E-state index contributed by atoms with van der Waals surface area (Å²) in [5.41, 5.74) is -0.331. The summed E-state index contributed by atoms with van der Waals surface area (Å²) in [4.78, 5) is 56.1. The highest BCUT2D eigenvalue weighted by Crippen LogP contribution is 2.59. The summed E-state index contributed by atoms with van der Waals surface area (Å²) in [6.07, 6.45) is -26.8. The molecule has 500 valence electrons. The standard InChI is InChI=1S/C66H62O29/c67-23-44-53(75)56(78)59(81)64(93-44)88-33-15-7-27(8-16-33)41-22-39(74)50-37(72)18-35(20-43(50)92-41)90-66-61(83)58(80)55(77)46(95-66)25-87-63(85)52-48(29-5-13-32(70)14-6-29)47(28-3-11-31(69)12-4-28)51(52)62(84)86-24-45-54(76)57(79)60(82)65(94-45)89-34-17-36(71)49-38(73)21-40(91-42(49)19-34)26-1-9-30(68)10-2-26/h1-22,44-48,51-61,64-72,75-83H,23-25H2/t44-,45+,46+,47+,48+,51+,52+,53-,54+,55+,56+,57-,58-,59-,60+,61+,64-,65+,66+/m0/s1. The molecule has 3 aliphatic heterocycles. The highest BCUT2D eigenvalue weighted by Gasteiger charge is 2.60. The Hall–Kier alpha value is -9.44. The fraction of sp³-hybridized carbons (Fsp3) is 0.333. The minimum atomic E-state index is -2.05. The maximum absolute atomic E-state index is 14.7. The van der Waals surface area contributed by atoms with E-state index < -0.39 is 170 Å². The molecule has 0 radical (unpaired) electrons. The summed E-state index contributed by atoms with van der Waals surface area (Å²) in [6, 6.07) is 29.2. The van der Waals surface area contributed by atoms with E-state index in [4.69, 9.17) is 46.7 Å². The van der Waals surface area contributed by atoms with E-state index in [1.807, 2.05) is 0 Å². The van der Waals surface area contributed by atoms with E-state index in [2.05, 4.69) is 0 Å². The monoisotopic (exact) mass is 1320 g/mol. The number of carbonyl (C=O) groups excluding carboxylic acids is 2. The van der Waals surface area contributed by atoms with Crippen molar-refractivity contribution < 1.29 is 133 Å². The number of aromatic hydroxyl groups is 5. The molecule has 0 spiro atoms. The molecule has 5 heterocycles. The smallest absolute Gasteiger partial charge is 0.310 e. The van der Waals surface area contributed by atoms with Gasteiger partial charge in [0.1, 0.15) is 166 Å². The number of rotatable bonds is 17. The van der Waals surface area contributed by atoms with Gasteiger partial charge in [-0.3, -0.25) is 19.2 Å². The SMILES string of the molecule is O=C(OC[C@H]1O[C@@H](Oc2cc(O)c3c(=O)cc(-c4ccc(O)cc4)oc3c2)[C@H](O)[C@@H](O)[C@@H]1O)[C@H]1[C@H](C(=O)OC[C@H]2O[C@@H](Oc3cc(O)c4c(=O)cc(-c5ccc(O[C@H]6O[C@@H](CO)[C@H](O)[C@@H](O)[C@@H]6O)cc5)oc4c3)[C@H](O)[C@@H](O)[C@@H]2O)[C@H](c2ccc(O)cc2)[C@H]1c1ccc(O)cc1. The predicted octanol–water partition coefficient (Wildman–Crippen LogP) is 0.913. The van der Waals surface area contributed by atoms with Crippen LogP contribution in [0.25, 0.3) is 44.6 Å². The zero-order valence-electron chi connectivity index (χ0n) is 49.2. The first kappa shape index (κ1) is 65.6. The molecule has 12 rings (SSSR count). The fourth-order valence-electron chi connectivity index (χ4n) is 12.2. The lowest BCUT2D eigenvalue weighted by Gasteiger charge is -2.50. The third-order valence-corrected chi connectivity index (χ3v) is 17.2. The van der Waals surface area contributed by atoms with Crippen LogP contribution < -0.4 is 25.1 Å². The lowest BCUT2D eigenvalue weighted by molar-refractivity contribution is -0.279. The first-order chi connectivity index (χ1) is 45.4. The van der Waals surface area contributed by atoms with Crippen LogP contribution in [0, 0.1) is 11.8 Å². The summed E-state index contributed by atoms with van der Waals surface area (Å²) in [5.74, 6) is -9.24. The minimum Gasteiger partial charge on any atom is -0.508 e. The highest BCUT2D eigenvalue weighted by atomic mass is 16.7. The number of benzene rings is 6. The van der Waals surface area contributed by atoms with E-state index >= 15 is 0 Å². The van der Waals surface area contributed by atoms with Crippen LogP contribution in [-0.2, 0) is 33.3 Å². The van der Waals surface area contributed by atoms with Gasteiger partial charge in [-0.1, -0.05) is 24.3 Å². The number of fused-ring (bicyclic) bond motifs is 2. The third kappa shape index (κ3) is 13.0. The summed E-state index contributed by atoms with van der Waals surface area (Å²) in [6.45, 7) is -2.43. The van der Waals surface area contributed by atoms with Gasteiger partial charge in [0, 0.05) is 59.4 Å². The molecule has 2 aromatic heterocycles. The van der Waals surface area contributed by atoms with Gasteiger partial charge in [-0.25, -0.2) is 0 Å². The van der Waals surface area contributed by atoms with Crippen LogP contribution in [0.15, 0.2) is 152 Å². The van der Waals surface area contributed by atoms with Crippen molar-refractivity contribution in [2.75, 3.05) is 19.8 Å². The molecule has 8 aromatic rings. The van der Waals surface area contributed by atoms with Gasteiger partial charge in [-0.05, 0) is 83.9 Å². The number of carbonyl (C=O) groups is 2. The number of hydrogen-bond donors (Lipinski definition) is 15. The van der Waals surface area contributed by atoms with Gasteiger partial charge in [0.05, 0.1) is 18.4 Å². The first-order valence-corrected chi connectivity index (χ1v) is 29.6. The van der Waals surface area contributed by atoms with Crippen molar-refractivity contribution in [1.82, 2.24) is 0 Å². The van der Waals surface area contributed by atoms with Crippen molar-refractivity contribution in [3.05, 3.63) is 165 Å². The summed E-state index contributed by atoms with van der Waals surface area (Å²) in [5, 5.41) is 159. The van der Waals surface area contributed by atoms with Gasteiger partial charge in [0.25, 0.3) is 0 Å². The molecule has 0 amide bonds. The average molecular weight is 1320 g/mol. The Labute approximate surface area is 534 Å². The van der Waals surface area contributed by atoms with Gasteiger partial charge >= 0.3 is 11.9 Å². The van der Waals surface area contributed by atoms with Crippen LogP contribution in [0.5, 0.6) is 46.0 Å². The molecule has 29 nitrogen and oxygen atoms in total. The molecular formula is C66H62O29. The van der Waals surface area contributed by atoms with Crippen LogP contribution >= 0.6 is 0 Å². The van der Waals surface area contributed by atoms with Gasteiger partial charge in [0.15, 0.2) is 10.9 Å². The van der Waals surface area contributed by atoms with Crippen molar-refractivity contribution in [2.45, 2.75) is 104 Å². The summed E-state index contributed by atoms with van der Waals surface area (Å²) < 4.78 is 58.0. The lowest BCUT2D eigenvalue weighted by Crippen LogP contribution is -2.61. The number of phenols is 5. The second-order valence-electron chi connectivity index (χ2n) is 23.3. The van der Waals surface area contributed by atoms with Crippen LogP contribution in [0.3, 0.4) is 0 Å². The third-order valence-electron chi connectivity index (χ3n) is 17.2. The molecule has 4 fully saturated rings. The zero-order chi connectivity index (χ0) is 67.4. The van der Waals surface area contributed by atoms with E-state index in [0.29, 0.717) is 16.7 Å². The van der Waals surface area contributed by atoms with Crippen molar-refractivity contribution >= 4 is 33.9 Å². The quantitative estimate of drug-likeness (QED) is 0.0563. The molecule has 6 aromatic carbocycles. The molecule has 95 heavy (non-hydrogen) atoms. The summed E-state index contributed by atoms with van der Waals surface area (Å²) in [7, 11) is 0. The Bertz CT molecular complexity index is 4220. The van der Waals surface area contributed by atoms with Gasteiger partial charge in [-0.15, -0.1) is 0 Å². The van der Waals surface area contributed by atoms with Crippen molar-refractivity contribution in [3.63, 3.8) is 0 Å².